The molecule has 0 aliphatic carbocycles. The summed E-state index contributed by atoms with van der Waals surface area (Å²) in [6.07, 6.45) is -0.519. The highest BCUT2D eigenvalue weighted by Gasteiger charge is 2.18. The van der Waals surface area contributed by atoms with Crippen molar-refractivity contribution >= 4 is 5.78 Å². The van der Waals surface area contributed by atoms with Gasteiger partial charge in [-0.25, -0.2) is 0 Å². The quantitative estimate of drug-likeness (QED) is 0.723. The van der Waals surface area contributed by atoms with E-state index in [4.69, 9.17) is 4.74 Å². The maximum atomic E-state index is 12.2. The summed E-state index contributed by atoms with van der Waals surface area (Å²) >= 11 is 0. The van der Waals surface area contributed by atoms with Crippen LogP contribution in [0.5, 0.6) is 0 Å². The van der Waals surface area contributed by atoms with Gasteiger partial charge in [-0.1, -0.05) is 37.3 Å². The van der Waals surface area contributed by atoms with E-state index in [0.717, 1.165) is 5.56 Å². The van der Waals surface area contributed by atoms with Crippen LogP contribution in [0.3, 0.4) is 0 Å². The van der Waals surface area contributed by atoms with Crippen molar-refractivity contribution in [2.45, 2.75) is 13.0 Å². The third-order valence-electron chi connectivity index (χ3n) is 2.97. The fourth-order valence-electron chi connectivity index (χ4n) is 2.12. The molecule has 0 fully saturated rings. The first-order chi connectivity index (χ1) is 9.04. The molecule has 1 aromatic carbocycles. The molecule has 2 unspecified atom stereocenters. The standard InChI is InChI=1S/C15H23NO3/c1-12(9-16(2)10-14(17)11-19-3)15(18)13-7-5-4-6-8-13/h4-8,12,14,17H,9-11H2,1-3H3. The van der Waals surface area contributed by atoms with Crippen LogP contribution in [0.25, 0.3) is 0 Å². The van der Waals surface area contributed by atoms with E-state index in [1.54, 1.807) is 7.11 Å². The average Bonchev–Trinajstić information content (AvgIpc) is 2.38. The van der Waals surface area contributed by atoms with Crippen molar-refractivity contribution in [3.8, 4) is 0 Å². The van der Waals surface area contributed by atoms with E-state index in [1.807, 2.05) is 49.2 Å². The van der Waals surface area contributed by atoms with Gasteiger partial charge in [0.15, 0.2) is 5.78 Å². The molecule has 1 aromatic rings. The number of likely N-dealkylation sites (N-methyl/N-ethyl adjacent to an activating group) is 1. The lowest BCUT2D eigenvalue weighted by atomic mass is 9.99. The van der Waals surface area contributed by atoms with Crippen LogP contribution >= 0.6 is 0 Å². The van der Waals surface area contributed by atoms with Crippen LogP contribution in [0.1, 0.15) is 17.3 Å². The number of hydrogen-bond acceptors (Lipinski definition) is 4. The smallest absolute Gasteiger partial charge is 0.166 e. The molecule has 0 radical (unpaired) electrons. The number of rotatable bonds is 8. The zero-order valence-electron chi connectivity index (χ0n) is 11.9. The second-order valence-electron chi connectivity index (χ2n) is 4.96. The Morgan fingerprint density at radius 3 is 2.53 bits per heavy atom. The van der Waals surface area contributed by atoms with E-state index < -0.39 is 6.10 Å². The lowest BCUT2D eigenvalue weighted by Gasteiger charge is -2.23. The Morgan fingerprint density at radius 2 is 1.95 bits per heavy atom. The number of aliphatic hydroxyl groups is 1. The van der Waals surface area contributed by atoms with Crippen LogP contribution in [-0.2, 0) is 4.74 Å². The summed E-state index contributed by atoms with van der Waals surface area (Å²) in [5, 5.41) is 9.64. The normalized spacial score (nSPS) is 14.4. The van der Waals surface area contributed by atoms with Crippen LogP contribution in [0.4, 0.5) is 0 Å². The highest BCUT2D eigenvalue weighted by molar-refractivity contribution is 5.97. The van der Waals surface area contributed by atoms with Gasteiger partial charge in [-0.15, -0.1) is 0 Å². The van der Waals surface area contributed by atoms with Crippen LogP contribution in [0.15, 0.2) is 30.3 Å². The first kappa shape index (κ1) is 15.8. The van der Waals surface area contributed by atoms with Crippen molar-refractivity contribution in [3.63, 3.8) is 0 Å². The first-order valence-electron chi connectivity index (χ1n) is 6.49. The van der Waals surface area contributed by atoms with Crippen LogP contribution in [-0.4, -0.2) is 55.7 Å². The van der Waals surface area contributed by atoms with Crippen LogP contribution in [0, 0.1) is 5.92 Å². The minimum absolute atomic E-state index is 0.0952. The van der Waals surface area contributed by atoms with Gasteiger partial charge in [0, 0.05) is 31.7 Å². The molecule has 19 heavy (non-hydrogen) atoms. The SMILES string of the molecule is COCC(O)CN(C)CC(C)C(=O)c1ccccc1. The Kier molecular flexibility index (Phi) is 6.70. The lowest BCUT2D eigenvalue weighted by molar-refractivity contribution is 0.0403. The molecule has 4 heteroatoms. The molecule has 0 aliphatic heterocycles. The van der Waals surface area contributed by atoms with Crippen molar-refractivity contribution in [2.75, 3.05) is 33.9 Å². The van der Waals surface area contributed by atoms with Gasteiger partial charge in [0.05, 0.1) is 12.7 Å². The van der Waals surface area contributed by atoms with Crippen molar-refractivity contribution in [1.82, 2.24) is 4.90 Å². The summed E-state index contributed by atoms with van der Waals surface area (Å²) in [6.45, 7) is 3.34. The molecule has 0 aromatic heterocycles. The molecule has 106 valence electrons. The van der Waals surface area contributed by atoms with E-state index in [2.05, 4.69) is 0 Å². The molecule has 0 spiro atoms. The van der Waals surface area contributed by atoms with Gasteiger partial charge in [-0.2, -0.15) is 0 Å². The predicted octanol–water partition coefficient (Wildman–Crippen LogP) is 1.44. The third-order valence-corrected chi connectivity index (χ3v) is 2.97. The zero-order chi connectivity index (χ0) is 14.3. The molecule has 0 amide bonds. The number of ketones is 1. The van der Waals surface area contributed by atoms with E-state index in [-0.39, 0.29) is 11.7 Å². The first-order valence-corrected chi connectivity index (χ1v) is 6.49. The van der Waals surface area contributed by atoms with Gasteiger partial charge in [0.1, 0.15) is 0 Å². The van der Waals surface area contributed by atoms with Gasteiger partial charge in [0.25, 0.3) is 0 Å². The molecule has 0 heterocycles. The number of methoxy groups -OCH3 is 1. The largest absolute Gasteiger partial charge is 0.389 e. The average molecular weight is 265 g/mol. The Morgan fingerprint density at radius 1 is 1.32 bits per heavy atom. The third kappa shape index (κ3) is 5.51. The fourth-order valence-corrected chi connectivity index (χ4v) is 2.12. The summed E-state index contributed by atoms with van der Waals surface area (Å²) in [5.74, 6) is 0.0378. The topological polar surface area (TPSA) is 49.8 Å². The highest BCUT2D eigenvalue weighted by Crippen LogP contribution is 2.10. The van der Waals surface area contributed by atoms with Gasteiger partial charge >= 0.3 is 0 Å². The lowest BCUT2D eigenvalue weighted by Crippen LogP contribution is -2.36. The Labute approximate surface area is 115 Å². The number of benzene rings is 1. The predicted molar refractivity (Wildman–Crippen MR) is 75.3 cm³/mol. The van der Waals surface area contributed by atoms with E-state index in [9.17, 15) is 9.90 Å². The summed E-state index contributed by atoms with van der Waals surface area (Å²) in [6, 6.07) is 9.30. The molecule has 0 saturated heterocycles. The molecule has 1 N–H and O–H groups in total. The summed E-state index contributed by atoms with van der Waals surface area (Å²) in [7, 11) is 3.46. The van der Waals surface area contributed by atoms with E-state index in [0.29, 0.717) is 19.7 Å². The van der Waals surface area contributed by atoms with Gasteiger partial charge in [-0.05, 0) is 7.05 Å². The number of carbonyl (C=O) groups excluding carboxylic acids is 1. The van der Waals surface area contributed by atoms with E-state index in [1.165, 1.54) is 0 Å². The Bertz CT molecular complexity index is 380. The monoisotopic (exact) mass is 265 g/mol. The number of hydrogen-bond donors (Lipinski definition) is 1. The fraction of sp³-hybridized carbons (Fsp3) is 0.533. The zero-order valence-corrected chi connectivity index (χ0v) is 11.9. The minimum Gasteiger partial charge on any atom is -0.389 e. The molecule has 0 saturated carbocycles. The van der Waals surface area contributed by atoms with Gasteiger partial charge in [-0.3, -0.25) is 4.79 Å². The van der Waals surface area contributed by atoms with Crippen molar-refractivity contribution in [3.05, 3.63) is 35.9 Å². The Hall–Kier alpha value is -1.23. The van der Waals surface area contributed by atoms with Gasteiger partial charge in [0.2, 0.25) is 0 Å². The van der Waals surface area contributed by atoms with E-state index >= 15 is 0 Å². The van der Waals surface area contributed by atoms with Crippen LogP contribution in [0.2, 0.25) is 0 Å². The molecule has 2 atom stereocenters. The molecule has 4 nitrogen and oxygen atoms in total. The molecule has 0 aliphatic rings. The molecular weight excluding hydrogens is 242 g/mol. The maximum Gasteiger partial charge on any atom is 0.166 e. The number of ether oxygens (including phenoxy) is 1. The summed E-state index contributed by atoms with van der Waals surface area (Å²) in [4.78, 5) is 14.1. The molecule has 0 bridgehead atoms. The van der Waals surface area contributed by atoms with Crippen molar-refractivity contribution < 1.29 is 14.6 Å². The number of aliphatic hydroxyl groups excluding tert-OH is 1. The molecule has 1 rings (SSSR count). The number of nitrogens with zero attached hydrogens (tertiary/aromatic N) is 1. The van der Waals surface area contributed by atoms with Crippen LogP contribution < -0.4 is 0 Å². The summed E-state index contributed by atoms with van der Waals surface area (Å²) in [5.41, 5.74) is 0.737. The summed E-state index contributed by atoms with van der Waals surface area (Å²) < 4.78 is 4.88. The second-order valence-corrected chi connectivity index (χ2v) is 4.96. The number of Topliss-reactive ketones (excluding diaryl/α,β-unsaturated/α-hetero) is 1. The van der Waals surface area contributed by atoms with Crippen molar-refractivity contribution in [2.24, 2.45) is 5.92 Å². The Balaban J connectivity index is 2.46. The molecular formula is C15H23NO3. The second kappa shape index (κ2) is 8.04. The number of carbonyl (C=O) groups is 1. The highest BCUT2D eigenvalue weighted by atomic mass is 16.5. The maximum absolute atomic E-state index is 12.2. The minimum atomic E-state index is -0.519. The van der Waals surface area contributed by atoms with Crippen molar-refractivity contribution in [1.29, 1.82) is 0 Å². The van der Waals surface area contributed by atoms with Gasteiger partial charge < -0.3 is 14.7 Å².